The summed E-state index contributed by atoms with van der Waals surface area (Å²) in [5, 5.41) is 2.97. The number of ether oxygens (including phenoxy) is 1. The summed E-state index contributed by atoms with van der Waals surface area (Å²) >= 11 is 6.06. The van der Waals surface area contributed by atoms with E-state index < -0.39 is 17.9 Å². The highest BCUT2D eigenvalue weighted by molar-refractivity contribution is 6.33. The van der Waals surface area contributed by atoms with Crippen LogP contribution in [0.3, 0.4) is 0 Å². The van der Waals surface area contributed by atoms with E-state index in [4.69, 9.17) is 16.3 Å². The van der Waals surface area contributed by atoms with Gasteiger partial charge >= 0.3 is 5.97 Å². The van der Waals surface area contributed by atoms with Crippen molar-refractivity contribution in [2.75, 3.05) is 0 Å². The van der Waals surface area contributed by atoms with Gasteiger partial charge in [0.1, 0.15) is 18.3 Å². The molecular formula is C22H22ClN3O4. The van der Waals surface area contributed by atoms with E-state index in [1.165, 1.54) is 10.5 Å². The lowest BCUT2D eigenvalue weighted by atomic mass is 10.0. The minimum Gasteiger partial charge on any atom is -0.458 e. The first-order chi connectivity index (χ1) is 14.3. The summed E-state index contributed by atoms with van der Waals surface area (Å²) in [6.45, 7) is 5.29. The van der Waals surface area contributed by atoms with Crippen molar-refractivity contribution < 1.29 is 14.3 Å². The zero-order chi connectivity index (χ0) is 21.8. The lowest BCUT2D eigenvalue weighted by Crippen LogP contribution is -2.45. The van der Waals surface area contributed by atoms with Crippen LogP contribution in [0.25, 0.3) is 5.65 Å². The largest absolute Gasteiger partial charge is 0.458 e. The zero-order valence-electron chi connectivity index (χ0n) is 16.9. The monoisotopic (exact) mass is 427 g/mol. The molecule has 0 radical (unpaired) electrons. The van der Waals surface area contributed by atoms with Crippen LogP contribution in [0.1, 0.15) is 35.5 Å². The maximum atomic E-state index is 12.6. The molecule has 0 aliphatic heterocycles. The van der Waals surface area contributed by atoms with Crippen LogP contribution in [0, 0.1) is 12.8 Å². The Hall–Kier alpha value is -3.19. The molecule has 3 rings (SSSR count). The van der Waals surface area contributed by atoms with Crippen LogP contribution in [0.5, 0.6) is 0 Å². The quantitative estimate of drug-likeness (QED) is 0.610. The summed E-state index contributed by atoms with van der Waals surface area (Å²) in [5.41, 5.74) is 1.74. The van der Waals surface area contributed by atoms with E-state index in [-0.39, 0.29) is 23.6 Å². The van der Waals surface area contributed by atoms with Gasteiger partial charge < -0.3 is 10.1 Å². The van der Waals surface area contributed by atoms with Crippen LogP contribution in [0.2, 0.25) is 5.02 Å². The number of fused-ring (bicyclic) bond motifs is 1. The number of aryl methyl sites for hydroxylation is 1. The molecule has 1 amide bonds. The molecule has 8 heteroatoms. The van der Waals surface area contributed by atoms with Crippen molar-refractivity contribution in [1.82, 2.24) is 14.7 Å². The molecule has 0 aliphatic rings. The predicted octanol–water partition coefficient (Wildman–Crippen LogP) is 3.15. The second-order valence-electron chi connectivity index (χ2n) is 7.30. The molecule has 0 aliphatic carbocycles. The smallest absolute Gasteiger partial charge is 0.329 e. The van der Waals surface area contributed by atoms with E-state index in [0.29, 0.717) is 16.4 Å². The maximum absolute atomic E-state index is 12.6. The van der Waals surface area contributed by atoms with E-state index in [2.05, 4.69) is 10.3 Å². The molecule has 30 heavy (non-hydrogen) atoms. The second-order valence-corrected chi connectivity index (χ2v) is 7.71. The van der Waals surface area contributed by atoms with Crippen molar-refractivity contribution in [2.45, 2.75) is 33.4 Å². The number of halogens is 1. The maximum Gasteiger partial charge on any atom is 0.329 e. The first-order valence-corrected chi connectivity index (χ1v) is 9.85. The molecule has 2 heterocycles. The van der Waals surface area contributed by atoms with Crippen molar-refractivity contribution in [3.05, 3.63) is 80.9 Å². The number of carbonyl (C=O) groups excluding carboxylic acids is 2. The number of hydrogen-bond donors (Lipinski definition) is 1. The van der Waals surface area contributed by atoms with E-state index in [1.807, 2.05) is 13.0 Å². The third kappa shape index (κ3) is 4.86. The minimum absolute atomic E-state index is 0.177. The number of amides is 1. The summed E-state index contributed by atoms with van der Waals surface area (Å²) < 4.78 is 6.78. The number of nitrogens with one attached hydrogen (secondary N) is 1. The van der Waals surface area contributed by atoms with Crippen LogP contribution < -0.4 is 10.9 Å². The van der Waals surface area contributed by atoms with Gasteiger partial charge in [-0.05, 0) is 36.6 Å². The molecule has 0 saturated heterocycles. The average molecular weight is 428 g/mol. The van der Waals surface area contributed by atoms with E-state index in [1.54, 1.807) is 50.4 Å². The van der Waals surface area contributed by atoms with Crippen molar-refractivity contribution in [1.29, 1.82) is 0 Å². The first kappa shape index (κ1) is 21.5. The fourth-order valence-corrected chi connectivity index (χ4v) is 3.15. The zero-order valence-corrected chi connectivity index (χ0v) is 17.6. The molecule has 156 valence electrons. The van der Waals surface area contributed by atoms with Crippen LogP contribution in [0.4, 0.5) is 0 Å². The van der Waals surface area contributed by atoms with Gasteiger partial charge in [0, 0.05) is 12.3 Å². The van der Waals surface area contributed by atoms with Gasteiger partial charge in [0.05, 0.1) is 16.3 Å². The topological polar surface area (TPSA) is 89.8 Å². The summed E-state index contributed by atoms with van der Waals surface area (Å²) in [6.07, 6.45) is 1.69. The summed E-state index contributed by atoms with van der Waals surface area (Å²) in [6, 6.07) is 10.6. The lowest BCUT2D eigenvalue weighted by molar-refractivity contribution is -0.148. The van der Waals surface area contributed by atoms with E-state index in [9.17, 15) is 14.4 Å². The van der Waals surface area contributed by atoms with E-state index >= 15 is 0 Å². The fourth-order valence-electron chi connectivity index (χ4n) is 2.93. The molecule has 3 aromatic rings. The van der Waals surface area contributed by atoms with Gasteiger partial charge in [-0.2, -0.15) is 0 Å². The van der Waals surface area contributed by atoms with Gasteiger partial charge in [-0.25, -0.2) is 9.78 Å². The molecule has 7 nitrogen and oxygen atoms in total. The molecule has 1 unspecified atom stereocenters. The van der Waals surface area contributed by atoms with E-state index in [0.717, 1.165) is 5.56 Å². The Labute approximate surface area is 178 Å². The van der Waals surface area contributed by atoms with Crippen LogP contribution in [-0.2, 0) is 16.1 Å². The number of esters is 1. The van der Waals surface area contributed by atoms with Gasteiger partial charge in [-0.3, -0.25) is 14.0 Å². The Bertz CT molecular complexity index is 1160. The molecule has 2 aromatic heterocycles. The summed E-state index contributed by atoms with van der Waals surface area (Å²) in [5.74, 6) is -1.30. The Morgan fingerprint density at radius 1 is 1.20 bits per heavy atom. The molecule has 0 fully saturated rings. The number of pyridine rings is 1. The Morgan fingerprint density at radius 2 is 1.93 bits per heavy atom. The molecule has 1 atom stereocenters. The average Bonchev–Trinajstić information content (AvgIpc) is 2.70. The van der Waals surface area contributed by atoms with Crippen molar-refractivity contribution in [3.63, 3.8) is 0 Å². The standard InChI is InChI=1S/C22H22ClN3O4/c1-13(2)20(25-21(28)16-6-4-5-7-17(16)23)22(29)30-12-15-10-19(27)26-11-14(3)8-9-18(26)24-15/h4-11,13,20H,12H2,1-3H3,(H,25,28). The van der Waals surface area contributed by atoms with Crippen LogP contribution >= 0.6 is 11.6 Å². The van der Waals surface area contributed by atoms with Crippen LogP contribution in [0.15, 0.2) is 53.5 Å². The van der Waals surface area contributed by atoms with Gasteiger partial charge in [-0.1, -0.05) is 43.6 Å². The number of hydrogen-bond acceptors (Lipinski definition) is 5. The van der Waals surface area contributed by atoms with Gasteiger partial charge in [-0.15, -0.1) is 0 Å². The SMILES string of the molecule is Cc1ccc2nc(COC(=O)C(NC(=O)c3ccccc3Cl)C(C)C)cc(=O)n2c1. The molecule has 1 aromatic carbocycles. The Balaban J connectivity index is 1.72. The number of carbonyl (C=O) groups is 2. The molecular weight excluding hydrogens is 406 g/mol. The minimum atomic E-state index is -0.877. The molecule has 0 bridgehead atoms. The highest BCUT2D eigenvalue weighted by atomic mass is 35.5. The highest BCUT2D eigenvalue weighted by Gasteiger charge is 2.27. The number of benzene rings is 1. The summed E-state index contributed by atoms with van der Waals surface area (Å²) in [4.78, 5) is 41.8. The number of rotatable bonds is 6. The number of nitrogens with zero attached hydrogens (tertiary/aromatic N) is 2. The van der Waals surface area contributed by atoms with Gasteiger partial charge in [0.15, 0.2) is 0 Å². The third-order valence-electron chi connectivity index (χ3n) is 4.55. The Morgan fingerprint density at radius 3 is 2.63 bits per heavy atom. The normalized spacial score (nSPS) is 12.0. The van der Waals surface area contributed by atoms with Crippen molar-refractivity contribution >= 4 is 29.1 Å². The first-order valence-electron chi connectivity index (χ1n) is 9.47. The highest BCUT2D eigenvalue weighted by Crippen LogP contribution is 2.16. The fraction of sp³-hybridized carbons (Fsp3) is 0.273. The predicted molar refractivity (Wildman–Crippen MR) is 114 cm³/mol. The lowest BCUT2D eigenvalue weighted by Gasteiger charge is -2.21. The van der Waals surface area contributed by atoms with Crippen molar-refractivity contribution in [3.8, 4) is 0 Å². The van der Waals surface area contributed by atoms with Crippen LogP contribution in [-0.4, -0.2) is 27.3 Å². The second kappa shape index (κ2) is 9.09. The molecule has 0 spiro atoms. The third-order valence-corrected chi connectivity index (χ3v) is 4.88. The summed E-state index contributed by atoms with van der Waals surface area (Å²) in [7, 11) is 0. The van der Waals surface area contributed by atoms with Crippen molar-refractivity contribution in [2.24, 2.45) is 5.92 Å². The van der Waals surface area contributed by atoms with Gasteiger partial charge in [0.2, 0.25) is 0 Å². The Kier molecular flexibility index (Phi) is 6.52. The molecule has 0 saturated carbocycles. The molecule has 1 N–H and O–H groups in total. The van der Waals surface area contributed by atoms with Gasteiger partial charge in [0.25, 0.3) is 11.5 Å². The number of aromatic nitrogens is 2.